The third kappa shape index (κ3) is 8.64. The number of esters is 1. The van der Waals surface area contributed by atoms with Crippen molar-refractivity contribution in [2.24, 2.45) is 17.8 Å². The van der Waals surface area contributed by atoms with Gasteiger partial charge in [-0.3, -0.25) is 14.4 Å². The average molecular weight is 502 g/mol. The van der Waals surface area contributed by atoms with Crippen molar-refractivity contribution in [3.8, 4) is 0 Å². The first-order valence-electron chi connectivity index (χ1n) is 13.2. The number of nitrogens with one attached hydrogen (secondary N) is 3. The number of unbranched alkanes of at least 4 members (excludes halogenated alkanes) is 1. The molecule has 2 rings (SSSR count). The number of hydrogen-bond donors (Lipinski definition) is 3. The van der Waals surface area contributed by atoms with Crippen molar-refractivity contribution >= 4 is 23.7 Å². The van der Waals surface area contributed by atoms with Crippen LogP contribution in [-0.2, 0) is 30.3 Å². The monoisotopic (exact) mass is 501 g/mol. The molecule has 0 unspecified atom stereocenters. The van der Waals surface area contributed by atoms with Crippen LogP contribution in [-0.4, -0.2) is 47.9 Å². The number of amides is 3. The molecule has 1 aromatic carbocycles. The van der Waals surface area contributed by atoms with Gasteiger partial charge in [0.25, 0.3) is 0 Å². The largest absolute Gasteiger partial charge is 0.460 e. The highest BCUT2D eigenvalue weighted by Gasteiger charge is 2.36. The van der Waals surface area contributed by atoms with Crippen molar-refractivity contribution in [2.75, 3.05) is 0 Å². The van der Waals surface area contributed by atoms with Gasteiger partial charge in [-0.05, 0) is 36.7 Å². The molecule has 1 heterocycles. The Labute approximate surface area is 215 Å². The maximum absolute atomic E-state index is 13.3. The fraction of sp³-hybridized carbons (Fsp3) is 0.643. The van der Waals surface area contributed by atoms with Crippen LogP contribution in [0.2, 0.25) is 0 Å². The van der Waals surface area contributed by atoms with Gasteiger partial charge < -0.3 is 20.7 Å². The van der Waals surface area contributed by atoms with Gasteiger partial charge in [-0.15, -0.1) is 0 Å². The zero-order valence-corrected chi connectivity index (χ0v) is 22.5. The lowest BCUT2D eigenvalue weighted by atomic mass is 9.89. The third-order valence-corrected chi connectivity index (χ3v) is 7.12. The van der Waals surface area contributed by atoms with Crippen molar-refractivity contribution in [1.82, 2.24) is 16.0 Å². The van der Waals surface area contributed by atoms with Crippen LogP contribution in [0.25, 0.3) is 0 Å². The minimum Gasteiger partial charge on any atom is -0.460 e. The van der Waals surface area contributed by atoms with Crippen LogP contribution in [0.1, 0.15) is 72.8 Å². The first-order valence-corrected chi connectivity index (χ1v) is 13.2. The van der Waals surface area contributed by atoms with Gasteiger partial charge >= 0.3 is 5.97 Å². The smallest absolute Gasteiger partial charge is 0.329 e. The van der Waals surface area contributed by atoms with E-state index >= 15 is 0 Å². The van der Waals surface area contributed by atoms with E-state index in [1.165, 1.54) is 0 Å². The van der Waals surface area contributed by atoms with E-state index < -0.39 is 42.0 Å². The SMILES string of the molecule is CCCC[C@H](C)[C@@H]1CC(=O)N[C@@H](Cc2ccccc2)C(=O)N[C@@H](C)C(=O)N[C@H]([C@@H](C)C(C)C)C(=O)O1. The van der Waals surface area contributed by atoms with Crippen molar-refractivity contribution in [1.29, 1.82) is 0 Å². The fourth-order valence-corrected chi connectivity index (χ4v) is 4.24. The van der Waals surface area contributed by atoms with Gasteiger partial charge in [-0.2, -0.15) is 0 Å². The highest BCUT2D eigenvalue weighted by atomic mass is 16.5. The Balaban J connectivity index is 2.40. The Morgan fingerprint density at radius 2 is 1.61 bits per heavy atom. The molecule has 1 aliphatic heterocycles. The summed E-state index contributed by atoms with van der Waals surface area (Å²) in [6, 6.07) is 6.71. The first kappa shape index (κ1) is 29.3. The van der Waals surface area contributed by atoms with E-state index in [1.807, 2.05) is 58.0 Å². The molecule has 1 fully saturated rings. The Kier molecular flexibility index (Phi) is 11.4. The molecule has 200 valence electrons. The van der Waals surface area contributed by atoms with Crippen LogP contribution >= 0.6 is 0 Å². The molecule has 0 spiro atoms. The summed E-state index contributed by atoms with van der Waals surface area (Å²) in [5.74, 6) is -2.02. The summed E-state index contributed by atoms with van der Waals surface area (Å²) in [4.78, 5) is 52.6. The fourth-order valence-electron chi connectivity index (χ4n) is 4.24. The maximum atomic E-state index is 13.3. The van der Waals surface area contributed by atoms with Crippen LogP contribution in [0.3, 0.4) is 0 Å². The summed E-state index contributed by atoms with van der Waals surface area (Å²) in [6.07, 6.45) is 2.27. The normalized spacial score (nSPS) is 25.9. The van der Waals surface area contributed by atoms with Gasteiger partial charge in [0, 0.05) is 6.42 Å². The molecule has 1 aliphatic rings. The van der Waals surface area contributed by atoms with Gasteiger partial charge in [-0.25, -0.2) is 4.79 Å². The Hall–Kier alpha value is -2.90. The molecule has 36 heavy (non-hydrogen) atoms. The van der Waals surface area contributed by atoms with Crippen LogP contribution < -0.4 is 16.0 Å². The molecule has 0 aliphatic carbocycles. The van der Waals surface area contributed by atoms with E-state index in [0.717, 1.165) is 24.8 Å². The van der Waals surface area contributed by atoms with Gasteiger partial charge in [0.1, 0.15) is 24.2 Å². The summed E-state index contributed by atoms with van der Waals surface area (Å²) >= 11 is 0. The second kappa shape index (κ2) is 14.0. The summed E-state index contributed by atoms with van der Waals surface area (Å²) in [6.45, 7) is 11.4. The number of cyclic esters (lactones) is 1. The quantitative estimate of drug-likeness (QED) is 0.474. The molecular weight excluding hydrogens is 458 g/mol. The Bertz CT molecular complexity index is 888. The van der Waals surface area contributed by atoms with E-state index in [2.05, 4.69) is 22.9 Å². The summed E-state index contributed by atoms with van der Waals surface area (Å²) < 4.78 is 5.92. The van der Waals surface area contributed by atoms with Gasteiger partial charge in [0.05, 0.1) is 6.42 Å². The predicted molar refractivity (Wildman–Crippen MR) is 139 cm³/mol. The summed E-state index contributed by atoms with van der Waals surface area (Å²) in [5.41, 5.74) is 0.879. The lowest BCUT2D eigenvalue weighted by molar-refractivity contribution is -0.159. The minimum atomic E-state index is -0.901. The van der Waals surface area contributed by atoms with Crippen LogP contribution in [0, 0.1) is 17.8 Å². The highest BCUT2D eigenvalue weighted by molar-refractivity contribution is 5.94. The van der Waals surface area contributed by atoms with Crippen molar-refractivity contribution < 1.29 is 23.9 Å². The second-order valence-electron chi connectivity index (χ2n) is 10.4. The van der Waals surface area contributed by atoms with E-state index in [0.29, 0.717) is 0 Å². The maximum Gasteiger partial charge on any atom is 0.329 e. The van der Waals surface area contributed by atoms with Gasteiger partial charge in [-0.1, -0.05) is 77.8 Å². The molecule has 0 saturated carbocycles. The predicted octanol–water partition coefficient (Wildman–Crippen LogP) is 3.14. The molecule has 6 atom stereocenters. The molecule has 0 radical (unpaired) electrons. The molecule has 3 amide bonds. The second-order valence-corrected chi connectivity index (χ2v) is 10.4. The van der Waals surface area contributed by atoms with Gasteiger partial charge in [0.15, 0.2) is 0 Å². The lowest BCUT2D eigenvalue weighted by Crippen LogP contribution is -2.56. The molecule has 0 bridgehead atoms. The highest BCUT2D eigenvalue weighted by Crippen LogP contribution is 2.22. The van der Waals surface area contributed by atoms with E-state index in [-0.39, 0.29) is 36.5 Å². The topological polar surface area (TPSA) is 114 Å². The third-order valence-electron chi connectivity index (χ3n) is 7.12. The molecular formula is C28H43N3O5. The average Bonchev–Trinajstić information content (AvgIpc) is 2.84. The summed E-state index contributed by atoms with van der Waals surface area (Å²) in [5, 5.41) is 8.33. The lowest BCUT2D eigenvalue weighted by Gasteiger charge is -2.30. The number of carbonyl (C=O) groups is 4. The minimum absolute atomic E-state index is 0.0541. The standard InChI is InChI=1S/C28H43N3O5/c1-7-8-12-18(4)23-16-24(32)30-22(15-21-13-10-9-11-14-21)27(34)29-20(6)26(33)31-25(28(35)36-23)19(5)17(2)3/h9-11,13-14,17-20,22-23,25H,7-8,12,15-16H2,1-6H3,(H,29,34)(H,30,32)(H,31,33)/t18-,19-,20-,22-,23-,25+/m0/s1. The number of hydrogen-bond acceptors (Lipinski definition) is 5. The molecule has 0 aromatic heterocycles. The zero-order valence-electron chi connectivity index (χ0n) is 22.5. The van der Waals surface area contributed by atoms with Crippen molar-refractivity contribution in [2.45, 2.75) is 97.9 Å². The molecule has 8 nitrogen and oxygen atoms in total. The van der Waals surface area contributed by atoms with E-state index in [9.17, 15) is 19.2 Å². The van der Waals surface area contributed by atoms with Gasteiger partial charge in [0.2, 0.25) is 17.7 Å². The molecule has 1 aromatic rings. The zero-order chi connectivity index (χ0) is 26.8. The first-order chi connectivity index (χ1) is 17.0. The molecule has 8 heteroatoms. The van der Waals surface area contributed by atoms with E-state index in [1.54, 1.807) is 6.92 Å². The van der Waals surface area contributed by atoms with Crippen molar-refractivity contribution in [3.63, 3.8) is 0 Å². The number of ether oxygens (including phenoxy) is 1. The summed E-state index contributed by atoms with van der Waals surface area (Å²) in [7, 11) is 0. The van der Waals surface area contributed by atoms with E-state index in [4.69, 9.17) is 4.74 Å². The van der Waals surface area contributed by atoms with Crippen LogP contribution in [0.4, 0.5) is 0 Å². The van der Waals surface area contributed by atoms with Crippen LogP contribution in [0.5, 0.6) is 0 Å². The van der Waals surface area contributed by atoms with Crippen LogP contribution in [0.15, 0.2) is 30.3 Å². The number of carbonyl (C=O) groups excluding carboxylic acids is 4. The molecule has 3 N–H and O–H groups in total. The Morgan fingerprint density at radius 3 is 2.22 bits per heavy atom. The van der Waals surface area contributed by atoms with Crippen molar-refractivity contribution in [3.05, 3.63) is 35.9 Å². The Morgan fingerprint density at radius 1 is 0.944 bits per heavy atom. The number of benzene rings is 1. The number of rotatable bonds is 8. The molecule has 1 saturated heterocycles.